The third-order valence-electron chi connectivity index (χ3n) is 4.15. The SMILES string of the molecule is Cc1c(C2CCCNC2)cnn1C1CCCN1. The molecule has 0 amide bonds. The molecule has 2 unspecified atom stereocenters. The van der Waals surface area contributed by atoms with Gasteiger partial charge in [-0.25, -0.2) is 0 Å². The van der Waals surface area contributed by atoms with E-state index in [1.807, 2.05) is 0 Å². The quantitative estimate of drug-likeness (QED) is 0.815. The second kappa shape index (κ2) is 4.78. The van der Waals surface area contributed by atoms with Gasteiger partial charge in [-0.15, -0.1) is 0 Å². The smallest absolute Gasteiger partial charge is 0.102 e. The molecule has 2 fully saturated rings. The van der Waals surface area contributed by atoms with Crippen molar-refractivity contribution in [3.8, 4) is 0 Å². The van der Waals surface area contributed by atoms with E-state index in [-0.39, 0.29) is 0 Å². The number of aromatic nitrogens is 2. The number of piperidine rings is 1. The Labute approximate surface area is 103 Å². The highest BCUT2D eigenvalue weighted by molar-refractivity contribution is 5.22. The van der Waals surface area contributed by atoms with Crippen molar-refractivity contribution in [3.05, 3.63) is 17.5 Å². The zero-order chi connectivity index (χ0) is 11.7. The lowest BCUT2D eigenvalue weighted by atomic mass is 9.92. The standard InChI is InChI=1S/C13H22N4/c1-10-12(11-4-2-6-14-8-11)9-16-17(10)13-5-3-7-15-13/h9,11,13-15H,2-8H2,1H3. The summed E-state index contributed by atoms with van der Waals surface area (Å²) in [6.45, 7) is 5.64. The van der Waals surface area contributed by atoms with E-state index in [2.05, 4.69) is 33.5 Å². The average Bonchev–Trinajstić information content (AvgIpc) is 2.99. The first-order valence-corrected chi connectivity index (χ1v) is 6.84. The van der Waals surface area contributed by atoms with Crippen molar-refractivity contribution in [2.75, 3.05) is 19.6 Å². The topological polar surface area (TPSA) is 41.9 Å². The Kier molecular flexibility index (Phi) is 3.16. The molecule has 2 aliphatic heterocycles. The maximum Gasteiger partial charge on any atom is 0.102 e. The first-order valence-electron chi connectivity index (χ1n) is 6.84. The third kappa shape index (κ3) is 2.11. The van der Waals surface area contributed by atoms with Crippen LogP contribution in [0, 0.1) is 6.92 Å². The van der Waals surface area contributed by atoms with Crippen LogP contribution in [0.15, 0.2) is 6.20 Å². The van der Waals surface area contributed by atoms with Gasteiger partial charge < -0.3 is 5.32 Å². The van der Waals surface area contributed by atoms with Crippen LogP contribution in [0.3, 0.4) is 0 Å². The molecule has 3 heterocycles. The molecule has 1 aromatic heterocycles. The van der Waals surface area contributed by atoms with Crippen LogP contribution in [0.5, 0.6) is 0 Å². The largest absolute Gasteiger partial charge is 0.316 e. The Hall–Kier alpha value is -0.870. The summed E-state index contributed by atoms with van der Waals surface area (Å²) in [6, 6.07) is 0. The summed E-state index contributed by atoms with van der Waals surface area (Å²) >= 11 is 0. The minimum absolute atomic E-state index is 0.431. The minimum Gasteiger partial charge on any atom is -0.316 e. The average molecular weight is 234 g/mol. The Morgan fingerprint density at radius 3 is 2.88 bits per heavy atom. The van der Waals surface area contributed by atoms with Gasteiger partial charge in [0, 0.05) is 12.2 Å². The van der Waals surface area contributed by atoms with Gasteiger partial charge in [0.25, 0.3) is 0 Å². The first kappa shape index (κ1) is 11.2. The van der Waals surface area contributed by atoms with Crippen LogP contribution in [0.1, 0.15) is 49.0 Å². The van der Waals surface area contributed by atoms with Gasteiger partial charge in [0.1, 0.15) is 6.17 Å². The molecule has 0 aliphatic carbocycles. The summed E-state index contributed by atoms with van der Waals surface area (Å²) in [5.74, 6) is 0.666. The van der Waals surface area contributed by atoms with Crippen molar-refractivity contribution in [1.82, 2.24) is 20.4 Å². The fourth-order valence-electron chi connectivity index (χ4n) is 3.14. The van der Waals surface area contributed by atoms with E-state index in [0.717, 1.165) is 13.1 Å². The van der Waals surface area contributed by atoms with E-state index in [0.29, 0.717) is 12.1 Å². The van der Waals surface area contributed by atoms with Crippen molar-refractivity contribution in [3.63, 3.8) is 0 Å². The Bertz CT molecular complexity index is 373. The zero-order valence-corrected chi connectivity index (χ0v) is 10.6. The fraction of sp³-hybridized carbons (Fsp3) is 0.769. The van der Waals surface area contributed by atoms with E-state index in [9.17, 15) is 0 Å². The summed E-state index contributed by atoms with van der Waals surface area (Å²) < 4.78 is 2.19. The molecule has 4 nitrogen and oxygen atoms in total. The first-order chi connectivity index (χ1) is 8.36. The highest BCUT2D eigenvalue weighted by Crippen LogP contribution is 2.28. The molecule has 0 bridgehead atoms. The second-order valence-corrected chi connectivity index (χ2v) is 5.29. The van der Waals surface area contributed by atoms with E-state index in [4.69, 9.17) is 0 Å². The summed E-state index contributed by atoms with van der Waals surface area (Å²) in [5.41, 5.74) is 2.81. The molecule has 17 heavy (non-hydrogen) atoms. The van der Waals surface area contributed by atoms with Gasteiger partial charge in [-0.05, 0) is 57.2 Å². The summed E-state index contributed by atoms with van der Waals surface area (Å²) in [7, 11) is 0. The number of hydrogen-bond acceptors (Lipinski definition) is 3. The molecule has 3 rings (SSSR count). The predicted octanol–water partition coefficient (Wildman–Crippen LogP) is 1.54. The molecular formula is C13H22N4. The number of hydrogen-bond donors (Lipinski definition) is 2. The van der Waals surface area contributed by atoms with Crippen molar-refractivity contribution in [1.29, 1.82) is 0 Å². The van der Waals surface area contributed by atoms with Crippen molar-refractivity contribution in [2.24, 2.45) is 0 Å². The molecule has 2 aliphatic rings. The van der Waals surface area contributed by atoms with Gasteiger partial charge in [0.05, 0.1) is 6.20 Å². The van der Waals surface area contributed by atoms with E-state index < -0.39 is 0 Å². The summed E-state index contributed by atoms with van der Waals surface area (Å²) in [4.78, 5) is 0. The van der Waals surface area contributed by atoms with Gasteiger partial charge in [-0.2, -0.15) is 5.10 Å². The van der Waals surface area contributed by atoms with Crippen LogP contribution < -0.4 is 10.6 Å². The highest BCUT2D eigenvalue weighted by atomic mass is 15.4. The van der Waals surface area contributed by atoms with E-state index in [1.54, 1.807) is 0 Å². The van der Waals surface area contributed by atoms with E-state index >= 15 is 0 Å². The van der Waals surface area contributed by atoms with Crippen molar-refractivity contribution >= 4 is 0 Å². The maximum absolute atomic E-state index is 4.60. The number of rotatable bonds is 2. The Morgan fingerprint density at radius 1 is 1.29 bits per heavy atom. The van der Waals surface area contributed by atoms with Gasteiger partial charge in [0.15, 0.2) is 0 Å². The number of nitrogens with zero attached hydrogens (tertiary/aromatic N) is 2. The lowest BCUT2D eigenvalue weighted by Gasteiger charge is -2.23. The summed E-state index contributed by atoms with van der Waals surface area (Å²) in [5, 5.41) is 11.6. The molecule has 2 N–H and O–H groups in total. The summed E-state index contributed by atoms with van der Waals surface area (Å²) in [6.07, 6.45) is 7.59. The Balaban J connectivity index is 1.80. The molecule has 4 heteroatoms. The van der Waals surface area contributed by atoms with Gasteiger partial charge in [-0.1, -0.05) is 0 Å². The minimum atomic E-state index is 0.431. The van der Waals surface area contributed by atoms with E-state index in [1.165, 1.54) is 43.5 Å². The lowest BCUT2D eigenvalue weighted by Crippen LogP contribution is -2.28. The van der Waals surface area contributed by atoms with Crippen molar-refractivity contribution < 1.29 is 0 Å². The van der Waals surface area contributed by atoms with Crippen LogP contribution in [0.4, 0.5) is 0 Å². The molecule has 94 valence electrons. The molecule has 0 aromatic carbocycles. The molecule has 2 atom stereocenters. The molecule has 2 saturated heterocycles. The van der Waals surface area contributed by atoms with Crippen LogP contribution in [-0.2, 0) is 0 Å². The van der Waals surface area contributed by atoms with Crippen LogP contribution in [-0.4, -0.2) is 29.4 Å². The Morgan fingerprint density at radius 2 is 2.18 bits per heavy atom. The monoisotopic (exact) mass is 234 g/mol. The molecule has 0 saturated carbocycles. The fourth-order valence-corrected chi connectivity index (χ4v) is 3.14. The van der Waals surface area contributed by atoms with Crippen LogP contribution in [0.2, 0.25) is 0 Å². The maximum atomic E-state index is 4.60. The molecule has 0 spiro atoms. The highest BCUT2D eigenvalue weighted by Gasteiger charge is 2.23. The van der Waals surface area contributed by atoms with Gasteiger partial charge in [-0.3, -0.25) is 10.00 Å². The van der Waals surface area contributed by atoms with Crippen LogP contribution in [0.25, 0.3) is 0 Å². The third-order valence-corrected chi connectivity index (χ3v) is 4.15. The van der Waals surface area contributed by atoms with Gasteiger partial charge >= 0.3 is 0 Å². The normalized spacial score (nSPS) is 29.7. The van der Waals surface area contributed by atoms with Gasteiger partial charge in [0.2, 0.25) is 0 Å². The zero-order valence-electron chi connectivity index (χ0n) is 10.6. The molecular weight excluding hydrogens is 212 g/mol. The van der Waals surface area contributed by atoms with Crippen LogP contribution >= 0.6 is 0 Å². The second-order valence-electron chi connectivity index (χ2n) is 5.29. The lowest BCUT2D eigenvalue weighted by molar-refractivity contribution is 0.413. The van der Waals surface area contributed by atoms with Crippen molar-refractivity contribution in [2.45, 2.75) is 44.7 Å². The molecule has 0 radical (unpaired) electrons. The number of nitrogens with one attached hydrogen (secondary N) is 2. The molecule has 1 aromatic rings. The predicted molar refractivity (Wildman–Crippen MR) is 68.1 cm³/mol.